The van der Waals surface area contributed by atoms with E-state index in [1.54, 1.807) is 12.0 Å². The van der Waals surface area contributed by atoms with E-state index in [-0.39, 0.29) is 0 Å². The molecule has 0 spiro atoms. The van der Waals surface area contributed by atoms with Crippen LogP contribution in [-0.2, 0) is 7.05 Å². The molecule has 2 heterocycles. The molecule has 176 valence electrons. The van der Waals surface area contributed by atoms with Crippen LogP contribution >= 0.6 is 0 Å². The number of pyridine rings is 1. The number of aryl methyl sites for hydroxylation is 1. The third-order valence-corrected chi connectivity index (χ3v) is 12.1. The van der Waals surface area contributed by atoms with Gasteiger partial charge in [0.2, 0.25) is 0 Å². The molecule has 8 aliphatic rings. The lowest BCUT2D eigenvalue weighted by atomic mass is 9.51. The Bertz CT molecular complexity index is 1160. The number of hydrogen-bond donors (Lipinski definition) is 0. The predicted octanol–water partition coefficient (Wildman–Crippen LogP) is 7.81. The molecule has 11 rings (SSSR count). The Balaban J connectivity index is 1.15. The number of nitrogens with zero attached hydrogens (tertiary/aromatic N) is 2. The summed E-state index contributed by atoms with van der Waals surface area (Å²) in [6.45, 7) is 0. The monoisotopic (exact) mass is 450 g/mol. The molecule has 0 unspecified atom stereocenters. The Morgan fingerprint density at radius 3 is 1.74 bits per heavy atom. The van der Waals surface area contributed by atoms with Crippen molar-refractivity contribution < 1.29 is 0 Å². The van der Waals surface area contributed by atoms with E-state index in [1.807, 2.05) is 0 Å². The molecule has 8 bridgehead atoms. The third kappa shape index (κ3) is 2.56. The van der Waals surface area contributed by atoms with Crippen molar-refractivity contribution >= 4 is 21.9 Å². The molecule has 8 fully saturated rings. The zero-order valence-electron chi connectivity index (χ0n) is 20.6. The fourth-order valence-corrected chi connectivity index (χ4v) is 11.4. The van der Waals surface area contributed by atoms with E-state index in [4.69, 9.17) is 4.98 Å². The zero-order valence-corrected chi connectivity index (χ0v) is 20.6. The highest BCUT2D eigenvalue weighted by atomic mass is 15.0. The van der Waals surface area contributed by atoms with E-state index >= 15 is 0 Å². The highest BCUT2D eigenvalue weighted by Gasteiger charge is 2.50. The molecular formula is C32H38N2. The molecule has 8 saturated carbocycles. The molecule has 34 heavy (non-hydrogen) atoms. The van der Waals surface area contributed by atoms with Crippen molar-refractivity contribution in [3.05, 3.63) is 41.6 Å². The first-order chi connectivity index (χ1) is 16.7. The maximum atomic E-state index is 5.53. The van der Waals surface area contributed by atoms with Crippen molar-refractivity contribution in [1.82, 2.24) is 9.55 Å². The van der Waals surface area contributed by atoms with Crippen molar-refractivity contribution in [3.63, 3.8) is 0 Å². The van der Waals surface area contributed by atoms with Gasteiger partial charge >= 0.3 is 0 Å². The van der Waals surface area contributed by atoms with Crippen LogP contribution in [0.4, 0.5) is 0 Å². The molecule has 0 saturated heterocycles. The molecule has 0 aliphatic heterocycles. The number of fused-ring (bicyclic) bond motifs is 3. The molecule has 0 amide bonds. The Kier molecular flexibility index (Phi) is 3.81. The van der Waals surface area contributed by atoms with E-state index in [1.165, 1.54) is 85.4 Å². The standard InChI is InChI=1S/C32H38N2/c1-34-28-4-2-21(30-22-8-17-6-18(10-22)11-23(30)9-17)16-26(28)32-29(34)5-3-27(33-32)31-24-12-19-7-20(14-24)15-25(31)13-19/h2-5,16-20,22-25,30-31H,6-15H2,1H3. The molecule has 3 aromatic rings. The Labute approximate surface area is 203 Å². The number of hydrogen-bond acceptors (Lipinski definition) is 1. The van der Waals surface area contributed by atoms with Crippen molar-refractivity contribution in [2.75, 3.05) is 0 Å². The molecule has 0 N–H and O–H groups in total. The van der Waals surface area contributed by atoms with Crippen molar-refractivity contribution in [2.45, 2.75) is 76.0 Å². The topological polar surface area (TPSA) is 17.8 Å². The Morgan fingerprint density at radius 2 is 1.15 bits per heavy atom. The first kappa shape index (κ1) is 19.4. The van der Waals surface area contributed by atoms with Gasteiger partial charge in [-0.05, 0) is 147 Å². The van der Waals surface area contributed by atoms with E-state index in [2.05, 4.69) is 41.9 Å². The highest BCUT2D eigenvalue weighted by molar-refractivity contribution is 6.06. The van der Waals surface area contributed by atoms with Gasteiger partial charge in [-0.3, -0.25) is 4.98 Å². The Hall–Kier alpha value is -1.83. The summed E-state index contributed by atoms with van der Waals surface area (Å²) in [7, 11) is 2.25. The van der Waals surface area contributed by atoms with Gasteiger partial charge in [0, 0.05) is 24.0 Å². The summed E-state index contributed by atoms with van der Waals surface area (Å²) in [5.74, 6) is 9.38. The van der Waals surface area contributed by atoms with Crippen LogP contribution in [0.5, 0.6) is 0 Å². The van der Waals surface area contributed by atoms with Gasteiger partial charge in [-0.15, -0.1) is 0 Å². The van der Waals surface area contributed by atoms with Gasteiger partial charge in [-0.25, -0.2) is 0 Å². The van der Waals surface area contributed by atoms with Gasteiger partial charge in [-0.1, -0.05) is 6.07 Å². The second kappa shape index (κ2) is 6.68. The average Bonchev–Trinajstić information content (AvgIpc) is 3.09. The maximum absolute atomic E-state index is 5.53. The van der Waals surface area contributed by atoms with E-state index in [0.29, 0.717) is 0 Å². The lowest BCUT2D eigenvalue weighted by Crippen LogP contribution is -2.44. The summed E-state index contributed by atoms with van der Waals surface area (Å²) >= 11 is 0. The minimum absolute atomic E-state index is 0.722. The summed E-state index contributed by atoms with van der Waals surface area (Å²) in [6.07, 6.45) is 15.0. The van der Waals surface area contributed by atoms with Crippen molar-refractivity contribution in [3.8, 4) is 0 Å². The van der Waals surface area contributed by atoms with Crippen LogP contribution in [0.15, 0.2) is 30.3 Å². The predicted molar refractivity (Wildman–Crippen MR) is 138 cm³/mol. The first-order valence-corrected chi connectivity index (χ1v) is 14.6. The molecular weight excluding hydrogens is 412 g/mol. The first-order valence-electron chi connectivity index (χ1n) is 14.6. The summed E-state index contributed by atoms with van der Waals surface area (Å²) in [5, 5.41) is 1.43. The summed E-state index contributed by atoms with van der Waals surface area (Å²) in [6, 6.07) is 12.3. The average molecular weight is 451 g/mol. The van der Waals surface area contributed by atoms with Crippen molar-refractivity contribution in [2.24, 2.45) is 54.4 Å². The summed E-state index contributed by atoms with van der Waals surface area (Å²) in [4.78, 5) is 5.53. The van der Waals surface area contributed by atoms with Crippen LogP contribution in [0.3, 0.4) is 0 Å². The Morgan fingerprint density at radius 1 is 0.618 bits per heavy atom. The molecule has 8 aliphatic carbocycles. The fraction of sp³-hybridized carbons (Fsp3) is 0.656. The van der Waals surface area contributed by atoms with Crippen LogP contribution in [-0.4, -0.2) is 9.55 Å². The second-order valence-corrected chi connectivity index (χ2v) is 13.9. The highest BCUT2D eigenvalue weighted by Crippen LogP contribution is 2.61. The van der Waals surface area contributed by atoms with Gasteiger partial charge in [0.15, 0.2) is 0 Å². The second-order valence-electron chi connectivity index (χ2n) is 13.9. The molecule has 1 aromatic carbocycles. The van der Waals surface area contributed by atoms with Crippen LogP contribution < -0.4 is 0 Å². The minimum Gasteiger partial charge on any atom is -0.342 e. The smallest absolute Gasteiger partial charge is 0.0963 e. The van der Waals surface area contributed by atoms with Crippen molar-refractivity contribution in [1.29, 1.82) is 0 Å². The van der Waals surface area contributed by atoms with Crippen LogP contribution in [0.25, 0.3) is 21.9 Å². The van der Waals surface area contributed by atoms with Crippen LogP contribution in [0.2, 0.25) is 0 Å². The number of rotatable bonds is 2. The third-order valence-electron chi connectivity index (χ3n) is 12.1. The van der Waals surface area contributed by atoms with Gasteiger partial charge in [-0.2, -0.15) is 0 Å². The summed E-state index contributed by atoms with van der Waals surface area (Å²) in [5.41, 5.74) is 7.04. The fourth-order valence-electron chi connectivity index (χ4n) is 11.4. The maximum Gasteiger partial charge on any atom is 0.0963 e. The van der Waals surface area contributed by atoms with Gasteiger partial charge in [0.1, 0.15) is 0 Å². The van der Waals surface area contributed by atoms with Crippen LogP contribution in [0.1, 0.15) is 87.3 Å². The largest absolute Gasteiger partial charge is 0.342 e. The lowest BCUT2D eigenvalue weighted by molar-refractivity contribution is -0.00405. The normalized spacial score (nSPS) is 44.0. The van der Waals surface area contributed by atoms with Crippen LogP contribution in [0, 0.1) is 47.3 Å². The zero-order chi connectivity index (χ0) is 22.1. The molecule has 2 heteroatoms. The van der Waals surface area contributed by atoms with E-state index < -0.39 is 0 Å². The molecule has 2 nitrogen and oxygen atoms in total. The lowest BCUT2D eigenvalue weighted by Gasteiger charge is -2.54. The van der Waals surface area contributed by atoms with Gasteiger partial charge in [0.25, 0.3) is 0 Å². The van der Waals surface area contributed by atoms with E-state index in [9.17, 15) is 0 Å². The number of aromatic nitrogens is 2. The number of benzene rings is 1. The summed E-state index contributed by atoms with van der Waals surface area (Å²) < 4.78 is 2.40. The molecule has 2 aromatic heterocycles. The minimum atomic E-state index is 0.722. The molecule has 0 atom stereocenters. The molecule has 0 radical (unpaired) electrons. The quantitative estimate of drug-likeness (QED) is 0.389. The van der Waals surface area contributed by atoms with Gasteiger partial charge < -0.3 is 4.57 Å². The SMILES string of the molecule is Cn1c2ccc(C3C4CC5CC(C4)CC3C5)cc2c2nc(C3C4CC5CC(C4)CC3C5)ccc21. The van der Waals surface area contributed by atoms with Gasteiger partial charge in [0.05, 0.1) is 16.6 Å². The van der Waals surface area contributed by atoms with E-state index in [0.717, 1.165) is 59.2 Å².